The number of nitrogens with zero attached hydrogens (tertiary/aromatic N) is 1. The molecule has 1 N–H and O–H groups in total. The van der Waals surface area contributed by atoms with Crippen molar-refractivity contribution in [2.24, 2.45) is 11.3 Å². The summed E-state index contributed by atoms with van der Waals surface area (Å²) in [6.07, 6.45) is 4.30. The minimum Gasteiger partial charge on any atom is -0.469 e. The van der Waals surface area contributed by atoms with Gasteiger partial charge in [0, 0.05) is 28.6 Å². The van der Waals surface area contributed by atoms with Gasteiger partial charge in [-0.05, 0) is 43.9 Å². The van der Waals surface area contributed by atoms with Crippen LogP contribution in [0.5, 0.6) is 0 Å². The second-order valence-corrected chi connectivity index (χ2v) is 7.69. The second kappa shape index (κ2) is 6.17. The van der Waals surface area contributed by atoms with E-state index in [0.29, 0.717) is 0 Å². The van der Waals surface area contributed by atoms with Crippen LogP contribution < -0.4 is 0 Å². The SMILES string of the molecule is CC[C@@]1(C(C)C(=O)OC)CCCN2CCc3c([nH]c4ccccc34)C21. The summed E-state index contributed by atoms with van der Waals surface area (Å²) in [5, 5.41) is 1.35. The lowest BCUT2D eigenvalue weighted by Crippen LogP contribution is -2.53. The first kappa shape index (κ1) is 16.6. The molecule has 4 rings (SSSR count). The zero-order valence-corrected chi connectivity index (χ0v) is 15.5. The normalized spacial score (nSPS) is 27.6. The van der Waals surface area contributed by atoms with E-state index < -0.39 is 0 Å². The number of fused-ring (bicyclic) bond motifs is 5. The molecule has 0 radical (unpaired) electrons. The van der Waals surface area contributed by atoms with Crippen molar-refractivity contribution in [3.8, 4) is 0 Å². The number of ether oxygens (including phenoxy) is 1. The maximum Gasteiger partial charge on any atom is 0.309 e. The molecule has 4 nitrogen and oxygen atoms in total. The largest absolute Gasteiger partial charge is 0.469 e. The van der Waals surface area contributed by atoms with E-state index >= 15 is 0 Å². The maximum absolute atomic E-state index is 12.5. The molecular weight excluding hydrogens is 312 g/mol. The summed E-state index contributed by atoms with van der Waals surface area (Å²) in [5.74, 6) is -0.181. The molecule has 2 unspecified atom stereocenters. The number of aromatic amines is 1. The molecule has 4 heteroatoms. The molecule has 0 aliphatic carbocycles. The van der Waals surface area contributed by atoms with Crippen LogP contribution in [0.15, 0.2) is 24.3 Å². The third-order valence-electron chi connectivity index (χ3n) is 6.84. The predicted octanol–water partition coefficient (Wildman–Crippen LogP) is 4.07. The highest BCUT2D eigenvalue weighted by Gasteiger charge is 2.52. The van der Waals surface area contributed by atoms with Crippen LogP contribution >= 0.6 is 0 Å². The fraction of sp³-hybridized carbons (Fsp3) is 0.571. The van der Waals surface area contributed by atoms with Crippen molar-refractivity contribution in [3.05, 3.63) is 35.5 Å². The van der Waals surface area contributed by atoms with Gasteiger partial charge in [-0.1, -0.05) is 32.0 Å². The van der Waals surface area contributed by atoms with Crippen LogP contribution in [0.1, 0.15) is 50.4 Å². The van der Waals surface area contributed by atoms with Gasteiger partial charge in [0.15, 0.2) is 0 Å². The van der Waals surface area contributed by atoms with Crippen LogP contribution in [0.2, 0.25) is 0 Å². The highest BCUT2D eigenvalue weighted by atomic mass is 16.5. The number of esters is 1. The van der Waals surface area contributed by atoms with Gasteiger partial charge in [0.2, 0.25) is 0 Å². The van der Waals surface area contributed by atoms with Crippen molar-refractivity contribution >= 4 is 16.9 Å². The zero-order valence-electron chi connectivity index (χ0n) is 15.5. The highest BCUT2D eigenvalue weighted by Crippen LogP contribution is 2.55. The molecular formula is C21H28N2O2. The Balaban J connectivity index is 1.88. The van der Waals surface area contributed by atoms with Gasteiger partial charge in [-0.2, -0.15) is 0 Å². The Bertz CT molecular complexity index is 796. The lowest BCUT2D eigenvalue weighted by molar-refractivity contribution is -0.155. The molecule has 25 heavy (non-hydrogen) atoms. The molecule has 3 heterocycles. The van der Waals surface area contributed by atoms with Crippen LogP contribution in [-0.2, 0) is 16.0 Å². The number of methoxy groups -OCH3 is 1. The van der Waals surface area contributed by atoms with Crippen molar-refractivity contribution in [3.63, 3.8) is 0 Å². The topological polar surface area (TPSA) is 45.3 Å². The number of hydrogen-bond donors (Lipinski definition) is 1. The first-order valence-electron chi connectivity index (χ1n) is 9.53. The van der Waals surface area contributed by atoms with Crippen LogP contribution in [0.4, 0.5) is 0 Å². The van der Waals surface area contributed by atoms with Gasteiger partial charge in [-0.25, -0.2) is 0 Å². The van der Waals surface area contributed by atoms with Gasteiger partial charge in [0.1, 0.15) is 0 Å². The summed E-state index contributed by atoms with van der Waals surface area (Å²) in [4.78, 5) is 18.8. The van der Waals surface area contributed by atoms with Gasteiger partial charge in [0.05, 0.1) is 19.1 Å². The van der Waals surface area contributed by atoms with E-state index in [2.05, 4.69) is 48.0 Å². The molecule has 0 amide bonds. The molecule has 1 saturated heterocycles. The molecule has 1 fully saturated rings. The lowest BCUT2D eigenvalue weighted by atomic mass is 9.61. The summed E-state index contributed by atoms with van der Waals surface area (Å²) < 4.78 is 5.15. The molecule has 0 bridgehead atoms. The number of aromatic nitrogens is 1. The Morgan fingerprint density at radius 1 is 1.40 bits per heavy atom. The number of rotatable bonds is 3. The monoisotopic (exact) mass is 340 g/mol. The minimum absolute atomic E-state index is 0.0681. The number of nitrogens with one attached hydrogen (secondary N) is 1. The number of carbonyl (C=O) groups excluding carboxylic acids is 1. The van der Waals surface area contributed by atoms with E-state index in [4.69, 9.17) is 4.74 Å². The van der Waals surface area contributed by atoms with Crippen LogP contribution in [-0.4, -0.2) is 36.1 Å². The number of piperidine rings is 1. The standard InChI is InChI=1S/C21H28N2O2/c1-4-21(14(2)20(24)25-3)11-7-12-23-13-10-16-15-8-5-6-9-17(15)22-18(16)19(21)23/h5-6,8-9,14,19,22H,4,7,10-13H2,1-3H3/t14?,19?,21-/m0/s1. The van der Waals surface area contributed by atoms with Crippen molar-refractivity contribution < 1.29 is 9.53 Å². The Morgan fingerprint density at radius 3 is 2.96 bits per heavy atom. The lowest BCUT2D eigenvalue weighted by Gasteiger charge is -2.53. The minimum atomic E-state index is -0.104. The quantitative estimate of drug-likeness (QED) is 0.857. The maximum atomic E-state index is 12.5. The highest BCUT2D eigenvalue weighted by molar-refractivity contribution is 5.85. The fourth-order valence-corrected chi connectivity index (χ4v) is 5.47. The van der Waals surface area contributed by atoms with Crippen LogP contribution in [0.3, 0.4) is 0 Å². The average Bonchev–Trinajstić information content (AvgIpc) is 3.04. The molecule has 2 aliphatic heterocycles. The average molecular weight is 340 g/mol. The van der Waals surface area contributed by atoms with Crippen molar-refractivity contribution in [2.45, 2.75) is 45.6 Å². The predicted molar refractivity (Wildman–Crippen MR) is 99.5 cm³/mol. The second-order valence-electron chi connectivity index (χ2n) is 7.69. The summed E-state index contributed by atoms with van der Waals surface area (Å²) >= 11 is 0. The number of benzene rings is 1. The molecule has 1 aromatic carbocycles. The summed E-state index contributed by atoms with van der Waals surface area (Å²) in [6.45, 7) is 6.50. The van der Waals surface area contributed by atoms with E-state index in [9.17, 15) is 4.79 Å². The van der Waals surface area contributed by atoms with Crippen molar-refractivity contribution in [2.75, 3.05) is 20.2 Å². The van der Waals surface area contributed by atoms with Gasteiger partial charge < -0.3 is 9.72 Å². The summed E-state index contributed by atoms with van der Waals surface area (Å²) in [6, 6.07) is 8.87. The Morgan fingerprint density at radius 2 is 2.20 bits per heavy atom. The van der Waals surface area contributed by atoms with Crippen molar-refractivity contribution in [1.29, 1.82) is 0 Å². The van der Waals surface area contributed by atoms with Gasteiger partial charge >= 0.3 is 5.97 Å². The number of carbonyl (C=O) groups is 1. The third-order valence-corrected chi connectivity index (χ3v) is 6.84. The van der Waals surface area contributed by atoms with E-state index in [-0.39, 0.29) is 23.3 Å². The van der Waals surface area contributed by atoms with Crippen LogP contribution in [0.25, 0.3) is 10.9 Å². The molecule has 1 aromatic heterocycles. The molecule has 0 saturated carbocycles. The van der Waals surface area contributed by atoms with Gasteiger partial charge in [-0.15, -0.1) is 0 Å². The molecule has 2 aliphatic rings. The molecule has 134 valence electrons. The molecule has 2 aromatic rings. The Kier molecular flexibility index (Phi) is 4.11. The van der Waals surface area contributed by atoms with Gasteiger partial charge in [0.25, 0.3) is 0 Å². The van der Waals surface area contributed by atoms with E-state index in [1.807, 2.05) is 0 Å². The summed E-state index contributed by atoms with van der Waals surface area (Å²) in [5.41, 5.74) is 3.94. The molecule has 0 spiro atoms. The van der Waals surface area contributed by atoms with E-state index in [1.54, 1.807) is 0 Å². The van der Waals surface area contributed by atoms with E-state index in [1.165, 1.54) is 29.3 Å². The van der Waals surface area contributed by atoms with Gasteiger partial charge in [-0.3, -0.25) is 9.69 Å². The fourth-order valence-electron chi connectivity index (χ4n) is 5.47. The smallest absolute Gasteiger partial charge is 0.309 e. The Labute approximate surface area is 149 Å². The van der Waals surface area contributed by atoms with E-state index in [0.717, 1.165) is 38.8 Å². The Hall–Kier alpha value is -1.81. The van der Waals surface area contributed by atoms with Crippen LogP contribution in [0, 0.1) is 11.3 Å². The summed E-state index contributed by atoms with van der Waals surface area (Å²) in [7, 11) is 1.51. The van der Waals surface area contributed by atoms with Crippen molar-refractivity contribution in [1.82, 2.24) is 9.88 Å². The third kappa shape index (κ3) is 2.34. The first-order valence-corrected chi connectivity index (χ1v) is 9.53. The number of para-hydroxylation sites is 1. The zero-order chi connectivity index (χ0) is 17.6. The molecule has 3 atom stereocenters. The first-order chi connectivity index (χ1) is 12.1. The number of hydrogen-bond acceptors (Lipinski definition) is 3. The number of H-pyrrole nitrogens is 1.